The predicted octanol–water partition coefficient (Wildman–Crippen LogP) is -0.262. The molecule has 0 N–H and O–H groups in total. The minimum absolute atomic E-state index is 0. The van der Waals surface area contributed by atoms with Crippen LogP contribution in [-0.2, 0) is 21.7 Å². The Morgan fingerprint density at radius 3 is 1.24 bits per heavy atom. The molecule has 0 nitrogen and oxygen atoms in total. The van der Waals surface area contributed by atoms with Crippen LogP contribution >= 0.6 is 0 Å². The van der Waals surface area contributed by atoms with E-state index in [9.17, 15) is 0 Å². The van der Waals surface area contributed by atoms with Gasteiger partial charge >= 0.3 is 21.7 Å². The Morgan fingerprint density at radius 1 is 0.714 bits per heavy atom. The van der Waals surface area contributed by atoms with Gasteiger partial charge in [-0.25, -0.2) is 11.1 Å². The van der Waals surface area contributed by atoms with Gasteiger partial charge in [0.25, 0.3) is 0 Å². The van der Waals surface area contributed by atoms with E-state index in [4.69, 9.17) is 0 Å². The van der Waals surface area contributed by atoms with Gasteiger partial charge in [0.05, 0.1) is 0 Å². The number of rotatable bonds is 4. The smallest absolute Gasteiger partial charge is 1.00 e. The van der Waals surface area contributed by atoms with E-state index in [1.807, 2.05) is 0 Å². The van der Waals surface area contributed by atoms with E-state index in [1.165, 1.54) is 35.1 Å². The third-order valence-corrected chi connectivity index (χ3v) is 3.57. The molecule has 0 aromatic carbocycles. The normalized spacial score (nSPS) is 15.0. The first-order valence-electron chi connectivity index (χ1n) is 7.34. The van der Waals surface area contributed by atoms with Gasteiger partial charge in [0, 0.05) is 0 Å². The molecule has 0 heterocycles. The second-order valence-corrected chi connectivity index (χ2v) is 4.59. The molecule has 0 unspecified atom stereocenters. The summed E-state index contributed by atoms with van der Waals surface area (Å²) < 4.78 is 0. The average molecular weight is 361 g/mol. The maximum atomic E-state index is 3.33. The molecule has 3 heteroatoms. The van der Waals surface area contributed by atoms with E-state index >= 15 is 0 Å². The fraction of sp³-hybridized carbons (Fsp3) is 0.556. The third kappa shape index (κ3) is 8.45. The first kappa shape index (κ1) is 26.2. The molecule has 0 spiro atoms. The van der Waals surface area contributed by atoms with Gasteiger partial charge in [-0.15, -0.1) is 12.8 Å². The summed E-state index contributed by atoms with van der Waals surface area (Å²) in [5, 5.41) is 0. The van der Waals surface area contributed by atoms with Crippen LogP contribution in [-0.4, -0.2) is 0 Å². The summed E-state index contributed by atoms with van der Waals surface area (Å²) in [4.78, 5) is 0. The van der Waals surface area contributed by atoms with Gasteiger partial charge in [-0.3, -0.25) is 12.2 Å². The first-order valence-corrected chi connectivity index (χ1v) is 7.34. The Kier molecular flexibility index (Phi) is 18.9. The minimum atomic E-state index is 0. The van der Waals surface area contributed by atoms with Crippen molar-refractivity contribution in [2.75, 3.05) is 0 Å². The SMILES string of the molecule is CCC1=[C-]CC=C1CC.CCC1=[C-]CC=C1CC.[Cl-].[Cl-].[Ti+4]. The van der Waals surface area contributed by atoms with Crippen molar-refractivity contribution < 1.29 is 46.5 Å². The standard InChI is InChI=1S/2C9H13.2ClH.Ti/c2*1-3-8-6-5-7-9(8)4-2;;;/h2*6H,3-5H2,1-2H3;2*1H;/q2*-1;;;+4/p-2. The molecule has 0 bridgehead atoms. The van der Waals surface area contributed by atoms with Crippen molar-refractivity contribution in [3.63, 3.8) is 0 Å². The summed E-state index contributed by atoms with van der Waals surface area (Å²) in [6, 6.07) is 0. The van der Waals surface area contributed by atoms with E-state index in [0.717, 1.165) is 25.7 Å². The molecule has 0 aromatic heterocycles. The van der Waals surface area contributed by atoms with Crippen LogP contribution in [0.25, 0.3) is 0 Å². The molecule has 0 aliphatic heterocycles. The molecule has 0 amide bonds. The van der Waals surface area contributed by atoms with Crippen LogP contribution in [0.2, 0.25) is 0 Å². The molecule has 0 fully saturated rings. The summed E-state index contributed by atoms with van der Waals surface area (Å²) >= 11 is 0. The zero-order valence-electron chi connectivity index (χ0n) is 13.7. The van der Waals surface area contributed by atoms with Gasteiger partial charge in [0.2, 0.25) is 0 Å². The molecule has 0 saturated carbocycles. The van der Waals surface area contributed by atoms with Crippen molar-refractivity contribution in [2.24, 2.45) is 0 Å². The van der Waals surface area contributed by atoms with E-state index in [-0.39, 0.29) is 46.5 Å². The topological polar surface area (TPSA) is 0 Å². The number of allylic oxidation sites excluding steroid dienone is 8. The molecule has 0 atom stereocenters. The molecule has 0 saturated heterocycles. The van der Waals surface area contributed by atoms with Crippen molar-refractivity contribution in [3.05, 3.63) is 46.6 Å². The van der Waals surface area contributed by atoms with Gasteiger partial charge in [-0.2, -0.15) is 23.3 Å². The van der Waals surface area contributed by atoms with Crippen LogP contribution in [0.15, 0.2) is 34.4 Å². The summed E-state index contributed by atoms with van der Waals surface area (Å²) in [6.45, 7) is 8.79. The molecule has 0 radical (unpaired) electrons. The molecule has 21 heavy (non-hydrogen) atoms. The van der Waals surface area contributed by atoms with E-state index in [2.05, 4.69) is 52.0 Å². The van der Waals surface area contributed by atoms with Crippen molar-refractivity contribution in [3.8, 4) is 0 Å². The van der Waals surface area contributed by atoms with E-state index in [1.54, 1.807) is 0 Å². The van der Waals surface area contributed by atoms with Crippen LogP contribution in [0.4, 0.5) is 0 Å². The summed E-state index contributed by atoms with van der Waals surface area (Å²) in [7, 11) is 0. The number of hydrogen-bond donors (Lipinski definition) is 0. The van der Waals surface area contributed by atoms with Crippen LogP contribution in [0, 0.1) is 12.2 Å². The minimum Gasteiger partial charge on any atom is -1.00 e. The van der Waals surface area contributed by atoms with Crippen molar-refractivity contribution in [1.29, 1.82) is 0 Å². The number of halogens is 2. The summed E-state index contributed by atoms with van der Waals surface area (Å²) in [5.74, 6) is 0. The van der Waals surface area contributed by atoms with Crippen molar-refractivity contribution >= 4 is 0 Å². The Bertz CT molecular complexity index is 316. The van der Waals surface area contributed by atoms with Gasteiger partial charge in [0.15, 0.2) is 0 Å². The average Bonchev–Trinajstić information content (AvgIpc) is 3.06. The Balaban J connectivity index is -0.000000270. The summed E-state index contributed by atoms with van der Waals surface area (Å²) in [5.41, 5.74) is 5.91. The largest absolute Gasteiger partial charge is 4.00 e. The second-order valence-electron chi connectivity index (χ2n) is 4.59. The molecule has 2 aliphatic carbocycles. The zero-order valence-corrected chi connectivity index (χ0v) is 16.7. The van der Waals surface area contributed by atoms with Crippen LogP contribution in [0.1, 0.15) is 66.2 Å². The maximum absolute atomic E-state index is 3.33. The fourth-order valence-corrected chi connectivity index (χ4v) is 2.49. The Labute approximate surface area is 158 Å². The molecule has 116 valence electrons. The summed E-state index contributed by atoms with van der Waals surface area (Å²) in [6.07, 6.45) is 18.0. The van der Waals surface area contributed by atoms with Gasteiger partial charge in [-0.05, 0) is 0 Å². The van der Waals surface area contributed by atoms with E-state index in [0.29, 0.717) is 0 Å². The third-order valence-electron chi connectivity index (χ3n) is 3.57. The van der Waals surface area contributed by atoms with E-state index < -0.39 is 0 Å². The maximum Gasteiger partial charge on any atom is 4.00 e. The van der Waals surface area contributed by atoms with Crippen molar-refractivity contribution in [2.45, 2.75) is 66.2 Å². The molecule has 0 aromatic rings. The van der Waals surface area contributed by atoms with Crippen LogP contribution in [0.5, 0.6) is 0 Å². The van der Waals surface area contributed by atoms with Crippen LogP contribution in [0.3, 0.4) is 0 Å². The van der Waals surface area contributed by atoms with Gasteiger partial charge in [0.1, 0.15) is 0 Å². The first-order chi connectivity index (χ1) is 8.76. The zero-order chi connectivity index (χ0) is 13.4. The van der Waals surface area contributed by atoms with Crippen molar-refractivity contribution in [1.82, 2.24) is 0 Å². The fourth-order valence-electron chi connectivity index (χ4n) is 2.49. The number of hydrogen-bond acceptors (Lipinski definition) is 0. The predicted molar refractivity (Wildman–Crippen MR) is 80.1 cm³/mol. The quantitative estimate of drug-likeness (QED) is 0.478. The molecule has 2 rings (SSSR count). The Morgan fingerprint density at radius 2 is 1.05 bits per heavy atom. The second kappa shape index (κ2) is 15.2. The van der Waals surface area contributed by atoms with Gasteiger partial charge < -0.3 is 24.8 Å². The molecular weight excluding hydrogens is 335 g/mol. The Hall–Kier alpha value is 0.254. The van der Waals surface area contributed by atoms with Crippen LogP contribution < -0.4 is 24.8 Å². The molecule has 2 aliphatic rings. The van der Waals surface area contributed by atoms with Gasteiger partial charge in [-0.1, -0.05) is 53.4 Å². The molecular formula is C18H26Cl2Ti. The monoisotopic (exact) mass is 360 g/mol.